The van der Waals surface area contributed by atoms with Gasteiger partial charge in [-0.2, -0.15) is 0 Å². The number of nitrogens with zero attached hydrogens (tertiary/aromatic N) is 3. The van der Waals surface area contributed by atoms with Gasteiger partial charge in [-0.3, -0.25) is 4.68 Å². The molecule has 0 fully saturated rings. The highest BCUT2D eigenvalue weighted by molar-refractivity contribution is 5.27. The maximum atomic E-state index is 5.12. The Bertz CT molecular complexity index is 462. The van der Waals surface area contributed by atoms with E-state index in [4.69, 9.17) is 4.74 Å². The fourth-order valence-corrected chi connectivity index (χ4v) is 1.67. The van der Waals surface area contributed by atoms with Crippen molar-refractivity contribution in [2.24, 2.45) is 0 Å². The Morgan fingerprint density at radius 1 is 1.18 bits per heavy atom. The lowest BCUT2D eigenvalue weighted by Gasteiger charge is -2.01. The summed E-state index contributed by atoms with van der Waals surface area (Å²) >= 11 is 0. The lowest BCUT2D eigenvalue weighted by Crippen LogP contribution is -1.93. The Hall–Kier alpha value is -1.84. The van der Waals surface area contributed by atoms with Gasteiger partial charge >= 0.3 is 0 Å². The van der Waals surface area contributed by atoms with E-state index in [-0.39, 0.29) is 0 Å². The molecule has 0 N–H and O–H groups in total. The third kappa shape index (κ3) is 3.06. The zero-order valence-electron chi connectivity index (χ0n) is 10.3. The molecule has 1 aromatic heterocycles. The van der Waals surface area contributed by atoms with Crippen LogP contribution >= 0.6 is 0 Å². The van der Waals surface area contributed by atoms with E-state index in [1.165, 1.54) is 5.56 Å². The monoisotopic (exact) mass is 231 g/mol. The zero-order valence-corrected chi connectivity index (χ0v) is 10.3. The van der Waals surface area contributed by atoms with E-state index in [1.54, 1.807) is 7.11 Å². The van der Waals surface area contributed by atoms with Gasteiger partial charge in [0.2, 0.25) is 0 Å². The first kappa shape index (κ1) is 11.6. The molecular formula is C13H17N3O. The molecule has 2 rings (SSSR count). The highest BCUT2D eigenvalue weighted by Crippen LogP contribution is 2.12. The Morgan fingerprint density at radius 2 is 1.94 bits per heavy atom. The molecule has 4 heteroatoms. The van der Waals surface area contributed by atoms with Crippen LogP contribution in [-0.2, 0) is 19.4 Å². The molecule has 0 saturated carbocycles. The average molecular weight is 231 g/mol. The summed E-state index contributed by atoms with van der Waals surface area (Å²) in [6.07, 6.45) is 3.91. The predicted molar refractivity (Wildman–Crippen MR) is 66.1 cm³/mol. The van der Waals surface area contributed by atoms with Crippen LogP contribution in [0.1, 0.15) is 18.2 Å². The fraction of sp³-hybridized carbons (Fsp3) is 0.385. The van der Waals surface area contributed by atoms with Crippen LogP contribution < -0.4 is 4.74 Å². The number of aromatic nitrogens is 3. The number of aryl methyl sites for hydroxylation is 3. The molecule has 0 aliphatic heterocycles. The normalized spacial score (nSPS) is 10.5. The summed E-state index contributed by atoms with van der Waals surface area (Å²) in [6.45, 7) is 2.93. The van der Waals surface area contributed by atoms with Gasteiger partial charge in [0.1, 0.15) is 5.75 Å². The van der Waals surface area contributed by atoms with Gasteiger partial charge in [0.15, 0.2) is 0 Å². The lowest BCUT2D eigenvalue weighted by molar-refractivity contribution is 0.414. The molecule has 2 aromatic rings. The first-order valence-corrected chi connectivity index (χ1v) is 5.83. The number of rotatable bonds is 5. The van der Waals surface area contributed by atoms with Gasteiger partial charge in [0, 0.05) is 12.7 Å². The summed E-state index contributed by atoms with van der Waals surface area (Å²) in [5.74, 6) is 0.894. The summed E-state index contributed by atoms with van der Waals surface area (Å²) in [4.78, 5) is 0. The second kappa shape index (κ2) is 5.48. The van der Waals surface area contributed by atoms with Crippen LogP contribution in [0.25, 0.3) is 0 Å². The van der Waals surface area contributed by atoms with Gasteiger partial charge in [0.25, 0.3) is 0 Å². The maximum absolute atomic E-state index is 5.12. The van der Waals surface area contributed by atoms with Crippen molar-refractivity contribution in [2.75, 3.05) is 7.11 Å². The van der Waals surface area contributed by atoms with Crippen molar-refractivity contribution in [3.63, 3.8) is 0 Å². The molecule has 90 valence electrons. The second-order valence-electron chi connectivity index (χ2n) is 3.91. The van der Waals surface area contributed by atoms with Crippen molar-refractivity contribution in [3.05, 3.63) is 41.7 Å². The summed E-state index contributed by atoms with van der Waals surface area (Å²) < 4.78 is 6.97. The molecule has 0 spiro atoms. The van der Waals surface area contributed by atoms with Crippen molar-refractivity contribution in [1.29, 1.82) is 0 Å². The van der Waals surface area contributed by atoms with Gasteiger partial charge in [-0.1, -0.05) is 17.3 Å². The SMILES string of the molecule is CCn1cc(CCc2ccc(OC)cc2)nn1. The minimum Gasteiger partial charge on any atom is -0.497 e. The van der Waals surface area contributed by atoms with Gasteiger partial charge in [-0.05, 0) is 37.5 Å². The van der Waals surface area contributed by atoms with Crippen molar-refractivity contribution >= 4 is 0 Å². The van der Waals surface area contributed by atoms with Crippen molar-refractivity contribution < 1.29 is 4.74 Å². The summed E-state index contributed by atoms with van der Waals surface area (Å²) in [5.41, 5.74) is 2.33. The molecular weight excluding hydrogens is 214 g/mol. The molecule has 1 aromatic carbocycles. The summed E-state index contributed by atoms with van der Waals surface area (Å²) in [7, 11) is 1.68. The Morgan fingerprint density at radius 3 is 2.53 bits per heavy atom. The highest BCUT2D eigenvalue weighted by Gasteiger charge is 2.01. The van der Waals surface area contributed by atoms with Crippen LogP contribution in [0.5, 0.6) is 5.75 Å². The predicted octanol–water partition coefficient (Wildman–Crippen LogP) is 2.09. The largest absolute Gasteiger partial charge is 0.497 e. The van der Waals surface area contributed by atoms with E-state index in [1.807, 2.05) is 23.0 Å². The molecule has 0 aliphatic carbocycles. The summed E-state index contributed by atoms with van der Waals surface area (Å²) in [5, 5.41) is 8.15. The second-order valence-corrected chi connectivity index (χ2v) is 3.91. The molecule has 0 aliphatic rings. The van der Waals surface area contributed by atoms with Crippen LogP contribution in [0.3, 0.4) is 0 Å². The van der Waals surface area contributed by atoms with E-state index < -0.39 is 0 Å². The maximum Gasteiger partial charge on any atom is 0.118 e. The molecule has 0 saturated heterocycles. The third-order valence-electron chi connectivity index (χ3n) is 2.74. The van der Waals surface area contributed by atoms with E-state index in [2.05, 4.69) is 29.4 Å². The molecule has 17 heavy (non-hydrogen) atoms. The number of benzene rings is 1. The van der Waals surface area contributed by atoms with Crippen LogP contribution in [0.2, 0.25) is 0 Å². The van der Waals surface area contributed by atoms with Crippen LogP contribution in [-0.4, -0.2) is 22.1 Å². The Balaban J connectivity index is 1.92. The number of ether oxygens (including phenoxy) is 1. The first-order chi connectivity index (χ1) is 8.31. The van der Waals surface area contributed by atoms with Crippen LogP contribution in [0.15, 0.2) is 30.5 Å². The topological polar surface area (TPSA) is 39.9 Å². The van der Waals surface area contributed by atoms with Gasteiger partial charge < -0.3 is 4.74 Å². The highest BCUT2D eigenvalue weighted by atomic mass is 16.5. The molecule has 0 radical (unpaired) electrons. The lowest BCUT2D eigenvalue weighted by atomic mass is 10.1. The number of hydrogen-bond acceptors (Lipinski definition) is 3. The van der Waals surface area contributed by atoms with E-state index in [0.29, 0.717) is 0 Å². The van der Waals surface area contributed by atoms with Gasteiger partial charge in [-0.25, -0.2) is 0 Å². The standard InChI is InChI=1S/C13H17N3O/c1-3-16-10-12(14-15-16)7-4-11-5-8-13(17-2)9-6-11/h5-6,8-10H,3-4,7H2,1-2H3. The fourth-order valence-electron chi connectivity index (χ4n) is 1.67. The summed E-state index contributed by atoms with van der Waals surface area (Å²) in [6, 6.07) is 8.14. The number of hydrogen-bond donors (Lipinski definition) is 0. The van der Waals surface area contributed by atoms with Crippen molar-refractivity contribution in [2.45, 2.75) is 26.3 Å². The Labute approximate surface area is 101 Å². The Kier molecular flexibility index (Phi) is 3.75. The van der Waals surface area contributed by atoms with Crippen LogP contribution in [0.4, 0.5) is 0 Å². The molecule has 4 nitrogen and oxygen atoms in total. The first-order valence-electron chi connectivity index (χ1n) is 5.83. The van der Waals surface area contributed by atoms with Gasteiger partial charge in [-0.15, -0.1) is 5.10 Å². The number of methoxy groups -OCH3 is 1. The van der Waals surface area contributed by atoms with Crippen molar-refractivity contribution in [1.82, 2.24) is 15.0 Å². The van der Waals surface area contributed by atoms with Gasteiger partial charge in [0.05, 0.1) is 12.8 Å². The molecule has 0 bridgehead atoms. The molecule has 0 amide bonds. The van der Waals surface area contributed by atoms with E-state index >= 15 is 0 Å². The molecule has 0 atom stereocenters. The van der Waals surface area contributed by atoms with E-state index in [9.17, 15) is 0 Å². The average Bonchev–Trinajstić information content (AvgIpc) is 2.85. The third-order valence-corrected chi connectivity index (χ3v) is 2.74. The minimum atomic E-state index is 0.871. The minimum absolute atomic E-state index is 0.871. The smallest absolute Gasteiger partial charge is 0.118 e. The molecule has 0 unspecified atom stereocenters. The van der Waals surface area contributed by atoms with Crippen molar-refractivity contribution in [3.8, 4) is 5.75 Å². The zero-order chi connectivity index (χ0) is 12.1. The quantitative estimate of drug-likeness (QED) is 0.791. The molecule has 1 heterocycles. The van der Waals surface area contributed by atoms with Crippen LogP contribution in [0, 0.1) is 0 Å². The van der Waals surface area contributed by atoms with E-state index in [0.717, 1.165) is 30.8 Å².